The van der Waals surface area contributed by atoms with Crippen molar-refractivity contribution in [2.24, 2.45) is 0 Å². The molecule has 3 aromatic rings. The van der Waals surface area contributed by atoms with Crippen molar-refractivity contribution in [2.75, 3.05) is 13.0 Å². The van der Waals surface area contributed by atoms with E-state index in [9.17, 15) is 13.6 Å². The van der Waals surface area contributed by atoms with Crippen LogP contribution >= 0.6 is 11.6 Å². The molecule has 1 atom stereocenters. The molecule has 1 unspecified atom stereocenters. The van der Waals surface area contributed by atoms with Crippen molar-refractivity contribution < 1.29 is 18.3 Å². The number of benzene rings is 2. The van der Waals surface area contributed by atoms with Gasteiger partial charge in [0.05, 0.1) is 30.9 Å². The fourth-order valence-electron chi connectivity index (χ4n) is 3.48. The minimum absolute atomic E-state index is 0.211. The van der Waals surface area contributed by atoms with Crippen LogP contribution in [0.15, 0.2) is 54.5 Å². The summed E-state index contributed by atoms with van der Waals surface area (Å²) in [5, 5.41) is 2.80. The Bertz CT molecular complexity index is 1160. The van der Waals surface area contributed by atoms with Gasteiger partial charge in [-0.15, -0.1) is 11.6 Å². The maximum absolute atomic E-state index is 14.1. The lowest BCUT2D eigenvalue weighted by atomic mass is 10.0. The molecule has 0 aliphatic carbocycles. The smallest absolute Gasteiger partial charge is 0.247 e. The fourth-order valence-corrected chi connectivity index (χ4v) is 3.61. The van der Waals surface area contributed by atoms with Gasteiger partial charge in [-0.1, -0.05) is 12.1 Å². The summed E-state index contributed by atoms with van der Waals surface area (Å²) in [7, 11) is 1.58. The van der Waals surface area contributed by atoms with E-state index in [1.807, 2.05) is 35.9 Å². The Balaban J connectivity index is 1.86. The minimum atomic E-state index is -0.704. The highest BCUT2D eigenvalue weighted by Gasteiger charge is 2.17. The van der Waals surface area contributed by atoms with E-state index in [4.69, 9.17) is 16.3 Å². The van der Waals surface area contributed by atoms with Crippen molar-refractivity contribution in [3.05, 3.63) is 83.0 Å². The maximum atomic E-state index is 14.1. The van der Waals surface area contributed by atoms with Crippen LogP contribution in [0.1, 0.15) is 42.6 Å². The quantitative estimate of drug-likeness (QED) is 0.318. The number of rotatable bonds is 9. The molecule has 0 saturated carbocycles. The molecule has 33 heavy (non-hydrogen) atoms. The van der Waals surface area contributed by atoms with E-state index in [0.29, 0.717) is 30.0 Å². The molecule has 1 N–H and O–H groups in total. The van der Waals surface area contributed by atoms with Crippen LogP contribution in [0.5, 0.6) is 5.75 Å². The summed E-state index contributed by atoms with van der Waals surface area (Å²) < 4.78 is 34.7. The Morgan fingerprint density at radius 3 is 2.70 bits per heavy atom. The number of amides is 1. The molecule has 0 fully saturated rings. The third kappa shape index (κ3) is 6.20. The summed E-state index contributed by atoms with van der Waals surface area (Å²) in [6.45, 7) is 3.55. The van der Waals surface area contributed by atoms with E-state index < -0.39 is 17.7 Å². The van der Waals surface area contributed by atoms with Crippen molar-refractivity contribution in [3.8, 4) is 11.4 Å². The molecule has 0 spiro atoms. The van der Waals surface area contributed by atoms with Gasteiger partial charge in [0, 0.05) is 29.3 Å². The van der Waals surface area contributed by atoms with Gasteiger partial charge < -0.3 is 14.6 Å². The lowest BCUT2D eigenvalue weighted by Crippen LogP contribution is -2.28. The Kier molecular flexibility index (Phi) is 8.22. The number of carbonyl (C=O) groups excluding carboxylic acids is 1. The molecule has 5 nitrogen and oxygen atoms in total. The average molecular weight is 474 g/mol. The maximum Gasteiger partial charge on any atom is 0.247 e. The highest BCUT2D eigenvalue weighted by molar-refractivity contribution is 6.17. The Morgan fingerprint density at radius 2 is 2.06 bits per heavy atom. The highest BCUT2D eigenvalue weighted by Crippen LogP contribution is 2.26. The van der Waals surface area contributed by atoms with Crippen molar-refractivity contribution >= 4 is 23.6 Å². The molecular formula is C25H26ClF2N3O2. The van der Waals surface area contributed by atoms with Crippen molar-refractivity contribution in [2.45, 2.75) is 32.7 Å². The molecule has 1 heterocycles. The van der Waals surface area contributed by atoms with Crippen LogP contribution in [0.4, 0.5) is 8.78 Å². The summed E-state index contributed by atoms with van der Waals surface area (Å²) >= 11 is 5.86. The van der Waals surface area contributed by atoms with Gasteiger partial charge in [0.25, 0.3) is 0 Å². The van der Waals surface area contributed by atoms with Gasteiger partial charge in [-0.25, -0.2) is 13.8 Å². The molecule has 174 valence electrons. The average Bonchev–Trinajstić information content (AvgIpc) is 3.22. The zero-order chi connectivity index (χ0) is 24.0. The second kappa shape index (κ2) is 11.1. The minimum Gasteiger partial charge on any atom is -0.495 e. The molecule has 0 aliphatic rings. The second-order valence-electron chi connectivity index (χ2n) is 7.68. The third-order valence-corrected chi connectivity index (χ3v) is 5.45. The van der Waals surface area contributed by atoms with Gasteiger partial charge >= 0.3 is 0 Å². The number of alkyl halides is 1. The van der Waals surface area contributed by atoms with Gasteiger partial charge in [-0.2, -0.15) is 0 Å². The number of carbonyl (C=O) groups is 1. The van der Waals surface area contributed by atoms with Crippen molar-refractivity contribution in [1.82, 2.24) is 14.9 Å². The Morgan fingerprint density at radius 1 is 1.27 bits per heavy atom. The number of nitrogens with one attached hydrogen (secondary N) is 1. The normalized spacial score (nSPS) is 12.5. The lowest BCUT2D eigenvalue weighted by Gasteiger charge is -2.17. The van der Waals surface area contributed by atoms with Crippen LogP contribution in [-0.2, 0) is 4.79 Å². The molecule has 1 amide bonds. The zero-order valence-corrected chi connectivity index (χ0v) is 19.5. The van der Waals surface area contributed by atoms with Crippen LogP contribution in [0, 0.1) is 18.6 Å². The number of ether oxygens (including phenoxy) is 1. The Labute approximate surface area is 197 Å². The van der Waals surface area contributed by atoms with E-state index in [1.165, 1.54) is 12.1 Å². The van der Waals surface area contributed by atoms with Crippen LogP contribution < -0.4 is 10.1 Å². The molecule has 3 rings (SSSR count). The van der Waals surface area contributed by atoms with E-state index in [0.717, 1.165) is 23.0 Å². The predicted molar refractivity (Wildman–Crippen MR) is 126 cm³/mol. The molecule has 2 aromatic carbocycles. The van der Waals surface area contributed by atoms with Gasteiger partial charge in [0.2, 0.25) is 5.91 Å². The van der Waals surface area contributed by atoms with E-state index in [-0.39, 0.29) is 11.5 Å². The fraction of sp³-hybridized carbons (Fsp3) is 0.280. The second-order valence-corrected chi connectivity index (χ2v) is 8.05. The zero-order valence-electron chi connectivity index (χ0n) is 18.7. The SMILES string of the molecule is COc1cc(/C=C(\CCCCl)C(=O)NC(C)c2ccc(F)cc2F)ccc1-n1cnc(C)c1. The molecule has 1 aromatic heterocycles. The summed E-state index contributed by atoms with van der Waals surface area (Å²) in [5.74, 6) is -0.691. The number of nitrogens with zero attached hydrogens (tertiary/aromatic N) is 2. The number of aryl methyl sites for hydroxylation is 1. The van der Waals surface area contributed by atoms with Crippen LogP contribution in [0.25, 0.3) is 11.8 Å². The number of halogens is 3. The number of aromatic nitrogens is 2. The number of methoxy groups -OCH3 is 1. The van der Waals surface area contributed by atoms with Crippen LogP contribution in [-0.4, -0.2) is 28.4 Å². The van der Waals surface area contributed by atoms with Crippen LogP contribution in [0.3, 0.4) is 0 Å². The largest absolute Gasteiger partial charge is 0.495 e. The van der Waals surface area contributed by atoms with Gasteiger partial charge in [0.15, 0.2) is 0 Å². The monoisotopic (exact) mass is 473 g/mol. The number of hydrogen-bond donors (Lipinski definition) is 1. The number of hydrogen-bond acceptors (Lipinski definition) is 3. The van der Waals surface area contributed by atoms with E-state index in [1.54, 1.807) is 26.4 Å². The molecule has 0 radical (unpaired) electrons. The van der Waals surface area contributed by atoms with Crippen molar-refractivity contribution in [1.29, 1.82) is 0 Å². The summed E-state index contributed by atoms with van der Waals surface area (Å²) in [6, 6.07) is 8.27. The summed E-state index contributed by atoms with van der Waals surface area (Å²) in [4.78, 5) is 17.2. The highest BCUT2D eigenvalue weighted by atomic mass is 35.5. The van der Waals surface area contributed by atoms with Crippen LogP contribution in [0.2, 0.25) is 0 Å². The predicted octanol–water partition coefficient (Wildman–Crippen LogP) is 5.75. The molecule has 0 aliphatic heterocycles. The van der Waals surface area contributed by atoms with E-state index >= 15 is 0 Å². The first-order chi connectivity index (χ1) is 15.8. The van der Waals surface area contributed by atoms with Gasteiger partial charge in [-0.05, 0) is 56.5 Å². The topological polar surface area (TPSA) is 56.1 Å². The first kappa shape index (κ1) is 24.5. The molecular weight excluding hydrogens is 448 g/mol. The summed E-state index contributed by atoms with van der Waals surface area (Å²) in [5.41, 5.74) is 3.18. The molecule has 0 bridgehead atoms. The molecule has 8 heteroatoms. The van der Waals surface area contributed by atoms with Crippen molar-refractivity contribution in [3.63, 3.8) is 0 Å². The first-order valence-corrected chi connectivity index (χ1v) is 11.1. The standard InChI is InChI=1S/C25H26ClF2N3O2/c1-16-14-31(15-29-16)23-9-6-18(12-24(23)33-3)11-19(5-4-10-26)25(32)30-17(2)21-8-7-20(27)13-22(21)28/h6-9,11-15,17H,4-5,10H2,1-3H3,(H,30,32)/b19-11+. The molecule has 0 saturated heterocycles. The number of imidazole rings is 1. The summed E-state index contributed by atoms with van der Waals surface area (Å²) in [6.07, 6.45) is 6.41. The Hall–Kier alpha value is -3.19. The van der Waals surface area contributed by atoms with E-state index in [2.05, 4.69) is 10.3 Å². The van der Waals surface area contributed by atoms with Gasteiger partial charge in [-0.3, -0.25) is 4.79 Å². The van der Waals surface area contributed by atoms with Gasteiger partial charge in [0.1, 0.15) is 17.4 Å². The first-order valence-electron chi connectivity index (χ1n) is 10.5. The lowest BCUT2D eigenvalue weighted by molar-refractivity contribution is -0.118. The third-order valence-electron chi connectivity index (χ3n) is 5.18.